The number of piperazine rings is 1. The molecular formula is C17H28N2S. The summed E-state index contributed by atoms with van der Waals surface area (Å²) in [5.74, 6) is 1.25. The van der Waals surface area contributed by atoms with E-state index in [4.69, 9.17) is 0 Å². The average molecular weight is 292 g/mol. The molecule has 0 spiro atoms. The van der Waals surface area contributed by atoms with E-state index in [1.165, 1.54) is 30.7 Å². The summed E-state index contributed by atoms with van der Waals surface area (Å²) >= 11 is 1.96. The molecule has 0 aromatic heterocycles. The van der Waals surface area contributed by atoms with Crippen LogP contribution in [0.25, 0.3) is 0 Å². The van der Waals surface area contributed by atoms with Gasteiger partial charge < -0.3 is 5.32 Å². The third-order valence-corrected chi connectivity index (χ3v) is 5.06. The Labute approximate surface area is 128 Å². The highest BCUT2D eigenvalue weighted by atomic mass is 32.2. The fourth-order valence-corrected chi connectivity index (χ4v) is 3.62. The number of hydrogen-bond donors (Lipinski definition) is 1. The molecule has 1 aliphatic heterocycles. The van der Waals surface area contributed by atoms with E-state index < -0.39 is 0 Å². The van der Waals surface area contributed by atoms with Crippen LogP contribution in [0.3, 0.4) is 0 Å². The molecule has 20 heavy (non-hydrogen) atoms. The molecule has 3 unspecified atom stereocenters. The Bertz CT molecular complexity index is 382. The molecule has 1 fully saturated rings. The normalized spacial score (nSPS) is 25.6. The molecule has 1 saturated heterocycles. The maximum absolute atomic E-state index is 3.71. The second-order valence-electron chi connectivity index (χ2n) is 5.77. The summed E-state index contributed by atoms with van der Waals surface area (Å²) in [4.78, 5) is 2.72. The number of nitrogens with zero attached hydrogens (tertiary/aromatic N) is 1. The molecule has 2 nitrogen and oxygen atoms in total. The maximum atomic E-state index is 3.71. The predicted molar refractivity (Wildman–Crippen MR) is 90.4 cm³/mol. The molecule has 3 atom stereocenters. The molecule has 1 N–H and O–H groups in total. The summed E-state index contributed by atoms with van der Waals surface area (Å²) in [7, 11) is 0. The van der Waals surface area contributed by atoms with Crippen LogP contribution in [0.4, 0.5) is 0 Å². The lowest BCUT2D eigenvalue weighted by Gasteiger charge is -2.44. The molecule has 1 aromatic carbocycles. The summed E-state index contributed by atoms with van der Waals surface area (Å²) in [5.41, 5.74) is 1.45. The van der Waals surface area contributed by atoms with Gasteiger partial charge in [0.2, 0.25) is 0 Å². The van der Waals surface area contributed by atoms with Crippen LogP contribution in [0, 0.1) is 0 Å². The Morgan fingerprint density at radius 2 is 2.10 bits per heavy atom. The lowest BCUT2D eigenvalue weighted by molar-refractivity contribution is 0.0860. The fourth-order valence-electron chi connectivity index (χ4n) is 3.04. The third kappa shape index (κ3) is 4.00. The number of nitrogens with one attached hydrogen (secondary N) is 1. The number of benzene rings is 1. The van der Waals surface area contributed by atoms with Crippen molar-refractivity contribution in [1.82, 2.24) is 10.2 Å². The fraction of sp³-hybridized carbons (Fsp3) is 0.647. The number of rotatable bonds is 6. The molecule has 0 amide bonds. The monoisotopic (exact) mass is 292 g/mol. The van der Waals surface area contributed by atoms with Crippen LogP contribution in [0.2, 0.25) is 0 Å². The quantitative estimate of drug-likeness (QED) is 0.863. The van der Waals surface area contributed by atoms with Gasteiger partial charge in [0.05, 0.1) is 0 Å². The summed E-state index contributed by atoms with van der Waals surface area (Å²) in [6.07, 6.45) is 4.70. The minimum atomic E-state index is 0.524. The molecule has 3 heteroatoms. The van der Waals surface area contributed by atoms with Crippen molar-refractivity contribution in [3.8, 4) is 0 Å². The lowest BCUT2D eigenvalue weighted by atomic mass is 9.97. The van der Waals surface area contributed by atoms with Crippen molar-refractivity contribution in [1.29, 1.82) is 0 Å². The van der Waals surface area contributed by atoms with Crippen molar-refractivity contribution in [2.45, 2.75) is 44.8 Å². The van der Waals surface area contributed by atoms with Gasteiger partial charge in [0.1, 0.15) is 0 Å². The van der Waals surface area contributed by atoms with E-state index >= 15 is 0 Å². The minimum absolute atomic E-state index is 0.524. The van der Waals surface area contributed by atoms with E-state index in [0.29, 0.717) is 18.1 Å². The Hall–Kier alpha value is -0.510. The van der Waals surface area contributed by atoms with Gasteiger partial charge in [-0.25, -0.2) is 0 Å². The van der Waals surface area contributed by atoms with Crippen molar-refractivity contribution in [3.63, 3.8) is 0 Å². The van der Waals surface area contributed by atoms with Gasteiger partial charge >= 0.3 is 0 Å². The van der Waals surface area contributed by atoms with E-state index in [0.717, 1.165) is 6.54 Å². The van der Waals surface area contributed by atoms with Gasteiger partial charge in [-0.15, -0.1) is 0 Å². The highest BCUT2D eigenvalue weighted by Crippen LogP contribution is 2.27. The average Bonchev–Trinajstić information content (AvgIpc) is 2.52. The first-order valence-corrected chi connectivity index (χ1v) is 9.18. The van der Waals surface area contributed by atoms with Crippen molar-refractivity contribution in [2.24, 2.45) is 0 Å². The van der Waals surface area contributed by atoms with Crippen molar-refractivity contribution >= 4 is 11.8 Å². The van der Waals surface area contributed by atoms with E-state index in [-0.39, 0.29) is 0 Å². The van der Waals surface area contributed by atoms with E-state index in [1.54, 1.807) is 0 Å². The lowest BCUT2D eigenvalue weighted by Crippen LogP contribution is -2.54. The molecule has 0 aliphatic carbocycles. The molecular weight excluding hydrogens is 264 g/mol. The third-order valence-electron chi connectivity index (χ3n) is 4.41. The molecule has 0 saturated carbocycles. The summed E-state index contributed by atoms with van der Waals surface area (Å²) < 4.78 is 0. The zero-order chi connectivity index (χ0) is 14.4. The van der Waals surface area contributed by atoms with Crippen LogP contribution >= 0.6 is 11.8 Å². The molecule has 1 heterocycles. The molecule has 1 aromatic rings. The van der Waals surface area contributed by atoms with Gasteiger partial charge in [-0.2, -0.15) is 11.8 Å². The molecule has 0 bridgehead atoms. The van der Waals surface area contributed by atoms with Crippen molar-refractivity contribution < 1.29 is 0 Å². The van der Waals surface area contributed by atoms with Gasteiger partial charge in [0.25, 0.3) is 0 Å². The Balaban J connectivity index is 2.11. The number of thioether (sulfide) groups is 1. The molecule has 1 aliphatic rings. The maximum Gasteiger partial charge on any atom is 0.0476 e. The predicted octanol–water partition coefficient (Wildman–Crippen LogP) is 3.55. The largest absolute Gasteiger partial charge is 0.311 e. The standard InChI is InChI=1S/C17H28N2S/c1-4-16-13-19(14(2)10-11-20-3)17(12-18-16)15-8-6-5-7-9-15/h5-9,14,16-18H,4,10-13H2,1-3H3. The first-order valence-electron chi connectivity index (χ1n) is 7.79. The highest BCUT2D eigenvalue weighted by molar-refractivity contribution is 7.98. The van der Waals surface area contributed by atoms with E-state index in [2.05, 4.69) is 60.7 Å². The molecule has 2 rings (SSSR count). The van der Waals surface area contributed by atoms with Crippen LogP contribution in [0.5, 0.6) is 0 Å². The van der Waals surface area contributed by atoms with Gasteiger partial charge in [-0.05, 0) is 37.3 Å². The first kappa shape index (κ1) is 15.9. The summed E-state index contributed by atoms with van der Waals surface area (Å²) in [6, 6.07) is 12.8. The second kappa shape index (κ2) is 8.06. The van der Waals surface area contributed by atoms with E-state index in [1.807, 2.05) is 11.8 Å². The molecule has 112 valence electrons. The smallest absolute Gasteiger partial charge is 0.0476 e. The van der Waals surface area contributed by atoms with Crippen LogP contribution in [-0.2, 0) is 0 Å². The van der Waals surface area contributed by atoms with Crippen LogP contribution < -0.4 is 5.32 Å². The Morgan fingerprint density at radius 3 is 2.75 bits per heavy atom. The second-order valence-corrected chi connectivity index (χ2v) is 6.75. The zero-order valence-corrected chi connectivity index (χ0v) is 13.8. The minimum Gasteiger partial charge on any atom is -0.311 e. The van der Waals surface area contributed by atoms with Crippen molar-refractivity contribution in [3.05, 3.63) is 35.9 Å². The highest BCUT2D eigenvalue weighted by Gasteiger charge is 2.30. The number of hydrogen-bond acceptors (Lipinski definition) is 3. The molecule has 0 radical (unpaired) electrons. The van der Waals surface area contributed by atoms with Gasteiger partial charge in [-0.3, -0.25) is 4.90 Å². The Kier molecular flexibility index (Phi) is 6.40. The van der Waals surface area contributed by atoms with Gasteiger partial charge in [0, 0.05) is 31.2 Å². The zero-order valence-electron chi connectivity index (χ0n) is 13.0. The van der Waals surface area contributed by atoms with Crippen LogP contribution in [0.1, 0.15) is 38.3 Å². The SMILES string of the molecule is CCC1CN(C(C)CCSC)C(c2ccccc2)CN1. The Morgan fingerprint density at radius 1 is 1.35 bits per heavy atom. The summed E-state index contributed by atoms with van der Waals surface area (Å²) in [6.45, 7) is 6.92. The van der Waals surface area contributed by atoms with Gasteiger partial charge in [0.15, 0.2) is 0 Å². The van der Waals surface area contributed by atoms with Crippen molar-refractivity contribution in [2.75, 3.05) is 25.1 Å². The topological polar surface area (TPSA) is 15.3 Å². The summed E-state index contributed by atoms with van der Waals surface area (Å²) in [5, 5.41) is 3.71. The van der Waals surface area contributed by atoms with Gasteiger partial charge in [-0.1, -0.05) is 37.3 Å². The van der Waals surface area contributed by atoms with Crippen LogP contribution in [-0.4, -0.2) is 42.1 Å². The van der Waals surface area contributed by atoms with E-state index in [9.17, 15) is 0 Å². The first-order chi connectivity index (χ1) is 9.76. The van der Waals surface area contributed by atoms with Crippen LogP contribution in [0.15, 0.2) is 30.3 Å².